The molecule has 0 bridgehead atoms. The second-order valence-corrected chi connectivity index (χ2v) is 8.67. The maximum atomic E-state index is 13.9. The number of morpholine rings is 1. The number of halogens is 2. The molecule has 156 valence electrons. The highest BCUT2D eigenvalue weighted by molar-refractivity contribution is 7.89. The van der Waals surface area contributed by atoms with Crippen LogP contribution in [0.4, 0.5) is 20.4 Å². The van der Waals surface area contributed by atoms with E-state index in [9.17, 15) is 17.2 Å². The quantitative estimate of drug-likeness (QED) is 0.726. The summed E-state index contributed by atoms with van der Waals surface area (Å²) in [6.07, 6.45) is 0. The smallest absolute Gasteiger partial charge is 0.249 e. The van der Waals surface area contributed by atoms with Crippen LogP contribution in [0.3, 0.4) is 0 Å². The van der Waals surface area contributed by atoms with Gasteiger partial charge in [0.05, 0.1) is 13.2 Å². The molecule has 8 nitrogen and oxygen atoms in total. The highest BCUT2D eigenvalue weighted by atomic mass is 32.2. The summed E-state index contributed by atoms with van der Waals surface area (Å²) in [7, 11) is -4.25. The summed E-state index contributed by atoms with van der Waals surface area (Å²) >= 11 is 0. The summed E-state index contributed by atoms with van der Waals surface area (Å²) in [6, 6.07) is 6.75. The lowest BCUT2D eigenvalue weighted by Crippen LogP contribution is -2.49. The van der Waals surface area contributed by atoms with Crippen molar-refractivity contribution in [3.63, 3.8) is 0 Å². The van der Waals surface area contributed by atoms with E-state index in [-0.39, 0.29) is 13.1 Å². The summed E-state index contributed by atoms with van der Waals surface area (Å²) in [6.45, 7) is 3.73. The van der Waals surface area contributed by atoms with Crippen LogP contribution in [0.1, 0.15) is 0 Å². The molecule has 0 amide bonds. The molecule has 1 aromatic heterocycles. The van der Waals surface area contributed by atoms with Gasteiger partial charge >= 0.3 is 0 Å². The third kappa shape index (κ3) is 4.02. The molecule has 0 atom stereocenters. The molecule has 4 rings (SSSR count). The Morgan fingerprint density at radius 1 is 0.793 bits per heavy atom. The van der Waals surface area contributed by atoms with Crippen molar-refractivity contribution < 1.29 is 21.9 Å². The Balaban J connectivity index is 1.43. The van der Waals surface area contributed by atoms with Gasteiger partial charge in [-0.05, 0) is 24.3 Å². The lowest BCUT2D eigenvalue weighted by Gasteiger charge is -2.34. The summed E-state index contributed by atoms with van der Waals surface area (Å²) in [5, 5.41) is 8.52. The molecule has 0 unspecified atom stereocenters. The molecule has 2 aliphatic rings. The zero-order chi connectivity index (χ0) is 20.4. The molecular formula is C18H21F2N5O3S. The standard InChI is InChI=1S/C18H21F2N5O3S/c19-14-2-1-3-15(20)18(14)29(26,27)25-8-6-23(7-9-25)16-4-5-17(22-21-16)24-10-12-28-13-11-24/h1-5H,6-13H2. The minimum absolute atomic E-state index is 0.100. The molecule has 0 radical (unpaired) electrons. The molecule has 0 N–H and O–H groups in total. The van der Waals surface area contributed by atoms with Crippen molar-refractivity contribution in [2.75, 3.05) is 62.3 Å². The van der Waals surface area contributed by atoms with E-state index in [0.29, 0.717) is 32.1 Å². The second kappa shape index (κ2) is 8.17. The lowest BCUT2D eigenvalue weighted by atomic mass is 10.3. The van der Waals surface area contributed by atoms with Crippen molar-refractivity contribution in [2.45, 2.75) is 4.90 Å². The number of piperazine rings is 1. The third-order valence-corrected chi connectivity index (χ3v) is 7.00. The van der Waals surface area contributed by atoms with E-state index in [2.05, 4.69) is 15.1 Å². The van der Waals surface area contributed by atoms with E-state index < -0.39 is 26.6 Å². The third-order valence-electron chi connectivity index (χ3n) is 5.05. The van der Waals surface area contributed by atoms with Gasteiger partial charge in [-0.3, -0.25) is 0 Å². The molecule has 2 fully saturated rings. The molecule has 0 saturated carbocycles. The van der Waals surface area contributed by atoms with Gasteiger partial charge in [-0.25, -0.2) is 17.2 Å². The molecular weight excluding hydrogens is 404 g/mol. The van der Waals surface area contributed by atoms with E-state index in [1.165, 1.54) is 0 Å². The minimum atomic E-state index is -4.25. The molecule has 1 aromatic carbocycles. The van der Waals surface area contributed by atoms with Crippen molar-refractivity contribution >= 4 is 21.7 Å². The van der Waals surface area contributed by atoms with E-state index in [4.69, 9.17) is 4.74 Å². The lowest BCUT2D eigenvalue weighted by molar-refractivity contribution is 0.122. The number of benzene rings is 1. The van der Waals surface area contributed by atoms with Gasteiger partial charge in [0, 0.05) is 39.3 Å². The van der Waals surface area contributed by atoms with Crippen molar-refractivity contribution in [2.24, 2.45) is 0 Å². The zero-order valence-corrected chi connectivity index (χ0v) is 16.5. The maximum absolute atomic E-state index is 13.9. The number of hydrogen-bond acceptors (Lipinski definition) is 7. The van der Waals surface area contributed by atoms with Crippen LogP contribution in [0, 0.1) is 11.6 Å². The molecule has 0 spiro atoms. The first-order valence-electron chi connectivity index (χ1n) is 9.32. The molecule has 29 heavy (non-hydrogen) atoms. The number of ether oxygens (including phenoxy) is 1. The normalized spacial score (nSPS) is 18.8. The van der Waals surface area contributed by atoms with E-state index in [1.54, 1.807) is 0 Å². The summed E-state index contributed by atoms with van der Waals surface area (Å²) in [4.78, 5) is 3.09. The van der Waals surface area contributed by atoms with Gasteiger partial charge in [0.15, 0.2) is 16.5 Å². The predicted molar refractivity (Wildman–Crippen MR) is 102 cm³/mol. The van der Waals surface area contributed by atoms with Gasteiger partial charge in [-0.15, -0.1) is 10.2 Å². The SMILES string of the molecule is O=S(=O)(c1c(F)cccc1F)N1CCN(c2ccc(N3CCOCC3)nn2)CC1. The molecule has 2 saturated heterocycles. The van der Waals surface area contributed by atoms with E-state index in [1.807, 2.05) is 17.0 Å². The van der Waals surface area contributed by atoms with Crippen LogP contribution >= 0.6 is 0 Å². The Morgan fingerprint density at radius 2 is 1.31 bits per heavy atom. The number of hydrogen-bond donors (Lipinski definition) is 0. The second-order valence-electron chi connectivity index (χ2n) is 6.79. The Labute approximate surface area is 167 Å². The minimum Gasteiger partial charge on any atom is -0.378 e. The van der Waals surface area contributed by atoms with Gasteiger partial charge in [0.1, 0.15) is 11.6 Å². The fourth-order valence-corrected chi connectivity index (χ4v) is 4.99. The van der Waals surface area contributed by atoms with Crippen molar-refractivity contribution in [1.29, 1.82) is 0 Å². The Morgan fingerprint density at radius 3 is 1.83 bits per heavy atom. The Kier molecular flexibility index (Phi) is 5.61. The van der Waals surface area contributed by atoms with Gasteiger partial charge in [0.2, 0.25) is 10.0 Å². The fraction of sp³-hybridized carbons (Fsp3) is 0.444. The van der Waals surface area contributed by atoms with Crippen LogP contribution < -0.4 is 9.80 Å². The van der Waals surface area contributed by atoms with Gasteiger partial charge in [-0.1, -0.05) is 6.07 Å². The van der Waals surface area contributed by atoms with Crippen molar-refractivity contribution in [3.05, 3.63) is 42.0 Å². The molecule has 11 heteroatoms. The topological polar surface area (TPSA) is 78.9 Å². The van der Waals surface area contributed by atoms with Crippen molar-refractivity contribution in [1.82, 2.24) is 14.5 Å². The molecule has 0 aliphatic carbocycles. The van der Waals surface area contributed by atoms with Crippen LogP contribution in [0.2, 0.25) is 0 Å². The predicted octanol–water partition coefficient (Wildman–Crippen LogP) is 1.10. The molecule has 2 aromatic rings. The number of rotatable bonds is 4. The van der Waals surface area contributed by atoms with Gasteiger partial charge in [0.25, 0.3) is 0 Å². The van der Waals surface area contributed by atoms with Crippen LogP contribution in [0.5, 0.6) is 0 Å². The first kappa shape index (κ1) is 19.9. The molecule has 3 heterocycles. The van der Waals surface area contributed by atoms with Crippen LogP contribution in [-0.4, -0.2) is 75.4 Å². The summed E-state index contributed by atoms with van der Waals surface area (Å²) < 4.78 is 59.7. The number of anilines is 2. The van der Waals surface area contributed by atoms with E-state index in [0.717, 1.165) is 41.4 Å². The monoisotopic (exact) mass is 425 g/mol. The van der Waals surface area contributed by atoms with Gasteiger partial charge in [-0.2, -0.15) is 4.31 Å². The number of nitrogens with zero attached hydrogens (tertiary/aromatic N) is 5. The Bertz CT molecular complexity index is 940. The first-order chi connectivity index (χ1) is 14.0. The summed E-state index contributed by atoms with van der Waals surface area (Å²) in [5.41, 5.74) is 0. The van der Waals surface area contributed by atoms with Crippen LogP contribution in [0.25, 0.3) is 0 Å². The van der Waals surface area contributed by atoms with Gasteiger partial charge < -0.3 is 14.5 Å². The Hall–Kier alpha value is -2.37. The average Bonchev–Trinajstić information content (AvgIpc) is 2.74. The first-order valence-corrected chi connectivity index (χ1v) is 10.8. The zero-order valence-electron chi connectivity index (χ0n) is 15.7. The molecule has 2 aliphatic heterocycles. The number of aromatic nitrogens is 2. The van der Waals surface area contributed by atoms with Crippen LogP contribution in [0.15, 0.2) is 35.2 Å². The highest BCUT2D eigenvalue weighted by Gasteiger charge is 2.33. The highest BCUT2D eigenvalue weighted by Crippen LogP contribution is 2.25. The fourth-order valence-electron chi connectivity index (χ4n) is 3.46. The average molecular weight is 425 g/mol. The maximum Gasteiger partial charge on any atom is 0.249 e. The van der Waals surface area contributed by atoms with Crippen LogP contribution in [-0.2, 0) is 14.8 Å². The summed E-state index contributed by atoms with van der Waals surface area (Å²) in [5.74, 6) is -0.765. The number of sulfonamides is 1. The van der Waals surface area contributed by atoms with E-state index >= 15 is 0 Å². The largest absolute Gasteiger partial charge is 0.378 e. The van der Waals surface area contributed by atoms with Crippen molar-refractivity contribution in [3.8, 4) is 0 Å².